The predicted octanol–water partition coefficient (Wildman–Crippen LogP) is 5.42. The number of hydrogen-bond acceptors (Lipinski definition) is 1. The van der Waals surface area contributed by atoms with Gasteiger partial charge in [-0.15, -0.1) is 22.9 Å². The molecule has 0 amide bonds. The Kier molecular flexibility index (Phi) is 3.35. The molecule has 18 heavy (non-hydrogen) atoms. The van der Waals surface area contributed by atoms with Crippen molar-refractivity contribution in [2.75, 3.05) is 0 Å². The summed E-state index contributed by atoms with van der Waals surface area (Å²) in [6, 6.07) is 18.9. The van der Waals surface area contributed by atoms with Crippen LogP contribution in [0, 0.1) is 0 Å². The van der Waals surface area contributed by atoms with Gasteiger partial charge in [0.05, 0.1) is 5.38 Å². The highest BCUT2D eigenvalue weighted by Crippen LogP contribution is 2.35. The third-order valence-corrected chi connectivity index (χ3v) is 4.48. The van der Waals surface area contributed by atoms with E-state index in [2.05, 4.69) is 53.9 Å². The largest absolute Gasteiger partial charge is 0.143 e. The van der Waals surface area contributed by atoms with E-state index >= 15 is 0 Å². The smallest absolute Gasteiger partial charge is 0.0639 e. The van der Waals surface area contributed by atoms with Crippen LogP contribution in [-0.4, -0.2) is 0 Å². The molecule has 0 nitrogen and oxygen atoms in total. The number of fused-ring (bicyclic) bond motifs is 1. The van der Waals surface area contributed by atoms with E-state index in [9.17, 15) is 0 Å². The minimum Gasteiger partial charge on any atom is -0.143 e. The number of thiophene rings is 1. The lowest BCUT2D eigenvalue weighted by molar-refractivity contribution is 0.932. The summed E-state index contributed by atoms with van der Waals surface area (Å²) in [5.74, 6) is 0. The zero-order valence-corrected chi connectivity index (χ0v) is 11.4. The first-order chi connectivity index (χ1) is 8.84. The quantitative estimate of drug-likeness (QED) is 0.558. The molecule has 0 saturated carbocycles. The lowest BCUT2D eigenvalue weighted by Gasteiger charge is -2.08. The third kappa shape index (κ3) is 2.29. The molecule has 0 spiro atoms. The molecule has 2 heteroatoms. The second-order valence-corrected chi connectivity index (χ2v) is 5.78. The molecule has 0 fully saturated rings. The van der Waals surface area contributed by atoms with Crippen LogP contribution in [0.1, 0.15) is 16.5 Å². The van der Waals surface area contributed by atoms with Crippen molar-refractivity contribution >= 4 is 33.0 Å². The van der Waals surface area contributed by atoms with Crippen LogP contribution >= 0.6 is 22.9 Å². The maximum atomic E-state index is 6.57. The number of rotatable bonds is 3. The van der Waals surface area contributed by atoms with Crippen molar-refractivity contribution in [3.63, 3.8) is 0 Å². The number of alkyl halides is 1. The highest BCUT2D eigenvalue weighted by Gasteiger charge is 2.13. The Hall–Kier alpha value is -1.31. The molecule has 2 aromatic carbocycles. The van der Waals surface area contributed by atoms with Crippen molar-refractivity contribution in [3.05, 3.63) is 71.1 Å². The summed E-state index contributed by atoms with van der Waals surface area (Å²) in [4.78, 5) is 0. The van der Waals surface area contributed by atoms with Gasteiger partial charge in [0, 0.05) is 4.70 Å². The molecule has 1 heterocycles. The van der Waals surface area contributed by atoms with Crippen LogP contribution in [0.25, 0.3) is 10.1 Å². The molecule has 0 N–H and O–H groups in total. The van der Waals surface area contributed by atoms with Gasteiger partial charge >= 0.3 is 0 Å². The van der Waals surface area contributed by atoms with E-state index in [0.29, 0.717) is 0 Å². The Bertz CT molecular complexity index is 642. The summed E-state index contributed by atoms with van der Waals surface area (Å²) in [5, 5.41) is 3.52. The molecule has 0 radical (unpaired) electrons. The van der Waals surface area contributed by atoms with Gasteiger partial charge in [0.25, 0.3) is 0 Å². The van der Waals surface area contributed by atoms with Gasteiger partial charge in [-0.3, -0.25) is 0 Å². The zero-order valence-electron chi connectivity index (χ0n) is 9.84. The molecular weight excluding hydrogens is 260 g/mol. The molecule has 0 saturated heterocycles. The van der Waals surface area contributed by atoms with E-state index in [1.54, 1.807) is 11.3 Å². The summed E-state index contributed by atoms with van der Waals surface area (Å²) < 4.78 is 1.31. The first-order valence-electron chi connectivity index (χ1n) is 5.99. The van der Waals surface area contributed by atoms with E-state index in [1.165, 1.54) is 21.2 Å². The third-order valence-electron chi connectivity index (χ3n) is 3.11. The Labute approximate surface area is 116 Å². The summed E-state index contributed by atoms with van der Waals surface area (Å²) in [5.41, 5.74) is 2.54. The fraction of sp³-hybridized carbons (Fsp3) is 0.125. The Balaban J connectivity index is 1.90. The molecule has 0 aliphatic rings. The maximum Gasteiger partial charge on any atom is 0.0639 e. The van der Waals surface area contributed by atoms with Crippen molar-refractivity contribution in [1.82, 2.24) is 0 Å². The molecule has 90 valence electrons. The van der Waals surface area contributed by atoms with E-state index in [4.69, 9.17) is 11.6 Å². The molecular formula is C16H13ClS. The van der Waals surface area contributed by atoms with Gasteiger partial charge in [-0.05, 0) is 34.4 Å². The molecule has 1 unspecified atom stereocenters. The van der Waals surface area contributed by atoms with E-state index in [-0.39, 0.29) is 5.38 Å². The van der Waals surface area contributed by atoms with E-state index < -0.39 is 0 Å². The van der Waals surface area contributed by atoms with Crippen LogP contribution in [-0.2, 0) is 6.42 Å². The van der Waals surface area contributed by atoms with Crippen LogP contribution in [0.4, 0.5) is 0 Å². The van der Waals surface area contributed by atoms with Crippen molar-refractivity contribution < 1.29 is 0 Å². The molecule has 3 aromatic rings. The molecule has 0 aliphatic carbocycles. The van der Waals surface area contributed by atoms with Gasteiger partial charge in [0.1, 0.15) is 0 Å². The lowest BCUT2D eigenvalue weighted by Crippen LogP contribution is -1.94. The van der Waals surface area contributed by atoms with Gasteiger partial charge in [-0.1, -0.05) is 48.5 Å². The summed E-state index contributed by atoms with van der Waals surface area (Å²) in [6.45, 7) is 0. The summed E-state index contributed by atoms with van der Waals surface area (Å²) in [7, 11) is 0. The zero-order chi connectivity index (χ0) is 12.4. The van der Waals surface area contributed by atoms with Crippen molar-refractivity contribution in [2.24, 2.45) is 0 Å². The lowest BCUT2D eigenvalue weighted by atomic mass is 10.0. The minimum atomic E-state index is 0.0450. The topological polar surface area (TPSA) is 0 Å². The number of hydrogen-bond donors (Lipinski definition) is 0. The van der Waals surface area contributed by atoms with E-state index in [0.717, 1.165) is 6.42 Å². The predicted molar refractivity (Wildman–Crippen MR) is 80.6 cm³/mol. The highest BCUT2D eigenvalue weighted by molar-refractivity contribution is 7.17. The average molecular weight is 273 g/mol. The second kappa shape index (κ2) is 5.13. The summed E-state index contributed by atoms with van der Waals surface area (Å²) in [6.07, 6.45) is 0.878. The van der Waals surface area contributed by atoms with Gasteiger partial charge in [-0.2, -0.15) is 0 Å². The first kappa shape index (κ1) is 11.8. The fourth-order valence-electron chi connectivity index (χ4n) is 2.17. The van der Waals surface area contributed by atoms with Crippen LogP contribution in [0.5, 0.6) is 0 Å². The van der Waals surface area contributed by atoms with Crippen LogP contribution in [0.15, 0.2) is 60.0 Å². The molecule has 1 atom stereocenters. The van der Waals surface area contributed by atoms with Gasteiger partial charge in [0.15, 0.2) is 0 Å². The average Bonchev–Trinajstić information content (AvgIpc) is 2.84. The minimum absolute atomic E-state index is 0.0450. The van der Waals surface area contributed by atoms with Crippen molar-refractivity contribution in [2.45, 2.75) is 11.8 Å². The van der Waals surface area contributed by atoms with Crippen LogP contribution in [0.2, 0.25) is 0 Å². The van der Waals surface area contributed by atoms with Gasteiger partial charge < -0.3 is 0 Å². The second-order valence-electron chi connectivity index (χ2n) is 4.34. The van der Waals surface area contributed by atoms with Crippen LogP contribution < -0.4 is 0 Å². The van der Waals surface area contributed by atoms with Crippen LogP contribution in [0.3, 0.4) is 0 Å². The molecule has 1 aromatic heterocycles. The maximum absolute atomic E-state index is 6.57. The first-order valence-corrected chi connectivity index (χ1v) is 7.30. The standard InChI is InChI=1S/C16H13ClS/c17-15(10-12-6-2-1-3-7-12)14-11-18-16-9-5-4-8-13(14)16/h1-9,11,15H,10H2. The van der Waals surface area contributed by atoms with Crippen molar-refractivity contribution in [1.29, 1.82) is 0 Å². The van der Waals surface area contributed by atoms with Gasteiger partial charge in [0.2, 0.25) is 0 Å². The monoisotopic (exact) mass is 272 g/mol. The Morgan fingerprint density at radius 2 is 1.67 bits per heavy atom. The number of benzene rings is 2. The normalized spacial score (nSPS) is 12.7. The SMILES string of the molecule is ClC(Cc1ccccc1)c1csc2ccccc12. The molecule has 3 rings (SSSR count). The number of halogens is 1. The van der Waals surface area contributed by atoms with Gasteiger partial charge in [-0.25, -0.2) is 0 Å². The fourth-order valence-corrected chi connectivity index (χ4v) is 3.62. The highest BCUT2D eigenvalue weighted by atomic mass is 35.5. The molecule has 0 bridgehead atoms. The molecule has 0 aliphatic heterocycles. The Morgan fingerprint density at radius 3 is 2.50 bits per heavy atom. The van der Waals surface area contributed by atoms with Crippen molar-refractivity contribution in [3.8, 4) is 0 Å². The van der Waals surface area contributed by atoms with E-state index in [1.807, 2.05) is 6.07 Å². The summed E-state index contributed by atoms with van der Waals surface area (Å²) >= 11 is 8.34. The Morgan fingerprint density at radius 1 is 0.944 bits per heavy atom.